The van der Waals surface area contributed by atoms with E-state index in [2.05, 4.69) is 16.0 Å². The summed E-state index contributed by atoms with van der Waals surface area (Å²) in [5.41, 5.74) is 1.06. The summed E-state index contributed by atoms with van der Waals surface area (Å²) in [4.78, 5) is 21.3. The smallest absolute Gasteiger partial charge is 0.222 e. The highest BCUT2D eigenvalue weighted by Crippen LogP contribution is 2.23. The lowest BCUT2D eigenvalue weighted by Gasteiger charge is -2.37. The number of carbonyl (C=O) groups is 1. The van der Waals surface area contributed by atoms with Crippen LogP contribution in [-0.2, 0) is 21.1 Å². The molecule has 6 nitrogen and oxygen atoms in total. The maximum atomic E-state index is 12.5. The van der Waals surface area contributed by atoms with Crippen LogP contribution in [0.3, 0.4) is 0 Å². The number of rotatable bonds is 6. The predicted octanol–water partition coefficient (Wildman–Crippen LogP) is 2.34. The van der Waals surface area contributed by atoms with E-state index in [1.807, 2.05) is 23.1 Å². The molecule has 0 spiro atoms. The fourth-order valence-electron chi connectivity index (χ4n) is 4.14. The van der Waals surface area contributed by atoms with Crippen molar-refractivity contribution < 1.29 is 13.2 Å². The molecule has 2 aliphatic heterocycles. The summed E-state index contributed by atoms with van der Waals surface area (Å²) in [5, 5.41) is 1.15. The van der Waals surface area contributed by atoms with Crippen molar-refractivity contribution in [1.29, 1.82) is 0 Å². The highest BCUT2D eigenvalue weighted by Gasteiger charge is 2.34. The highest BCUT2D eigenvalue weighted by molar-refractivity contribution is 7.91. The molecule has 1 aromatic heterocycles. The number of sulfone groups is 1. The molecular formula is C20H27N3O3S2. The Kier molecular flexibility index (Phi) is 5.99. The van der Waals surface area contributed by atoms with Gasteiger partial charge in [-0.05, 0) is 37.8 Å². The van der Waals surface area contributed by atoms with E-state index in [1.165, 1.54) is 4.70 Å². The second-order valence-electron chi connectivity index (χ2n) is 7.76. The lowest BCUT2D eigenvalue weighted by Crippen LogP contribution is -2.52. The Morgan fingerprint density at radius 1 is 1.14 bits per heavy atom. The maximum Gasteiger partial charge on any atom is 0.222 e. The van der Waals surface area contributed by atoms with Gasteiger partial charge < -0.3 is 4.90 Å². The average Bonchev–Trinajstić information content (AvgIpc) is 3.27. The molecule has 1 amide bonds. The average molecular weight is 422 g/mol. The van der Waals surface area contributed by atoms with E-state index in [0.29, 0.717) is 25.3 Å². The lowest BCUT2D eigenvalue weighted by molar-refractivity contribution is -0.133. The molecule has 1 aromatic carbocycles. The molecule has 2 fully saturated rings. The number of thiazole rings is 1. The zero-order chi connectivity index (χ0) is 19.6. The minimum absolute atomic E-state index is 0.149. The number of carbonyl (C=O) groups excluding carboxylic acids is 1. The Bertz CT molecular complexity index is 900. The number of hydrogen-bond acceptors (Lipinski definition) is 6. The Morgan fingerprint density at radius 3 is 2.64 bits per heavy atom. The first-order chi connectivity index (χ1) is 13.5. The zero-order valence-corrected chi connectivity index (χ0v) is 17.7. The molecule has 3 heterocycles. The molecule has 28 heavy (non-hydrogen) atoms. The largest absolute Gasteiger partial charge is 0.340 e. The molecule has 0 saturated carbocycles. The molecule has 0 unspecified atom stereocenters. The third kappa shape index (κ3) is 4.72. The molecule has 2 aliphatic rings. The summed E-state index contributed by atoms with van der Waals surface area (Å²) in [6.45, 7) is 3.01. The van der Waals surface area contributed by atoms with Gasteiger partial charge in [-0.3, -0.25) is 9.69 Å². The number of amides is 1. The van der Waals surface area contributed by atoms with E-state index >= 15 is 0 Å². The van der Waals surface area contributed by atoms with Crippen LogP contribution < -0.4 is 0 Å². The number of piperazine rings is 1. The molecule has 152 valence electrons. The highest BCUT2D eigenvalue weighted by atomic mass is 32.2. The van der Waals surface area contributed by atoms with Crippen molar-refractivity contribution in [2.45, 2.75) is 38.1 Å². The van der Waals surface area contributed by atoms with E-state index in [4.69, 9.17) is 0 Å². The molecule has 2 saturated heterocycles. The minimum Gasteiger partial charge on any atom is -0.340 e. The van der Waals surface area contributed by atoms with E-state index < -0.39 is 9.84 Å². The van der Waals surface area contributed by atoms with Crippen molar-refractivity contribution in [3.63, 3.8) is 0 Å². The van der Waals surface area contributed by atoms with Crippen LogP contribution in [0.15, 0.2) is 24.3 Å². The fraction of sp³-hybridized carbons (Fsp3) is 0.600. The summed E-state index contributed by atoms with van der Waals surface area (Å²) < 4.78 is 24.5. The first-order valence-corrected chi connectivity index (χ1v) is 12.7. The van der Waals surface area contributed by atoms with Crippen molar-refractivity contribution in [2.75, 3.05) is 37.7 Å². The van der Waals surface area contributed by atoms with Crippen molar-refractivity contribution in [1.82, 2.24) is 14.8 Å². The molecule has 0 N–H and O–H groups in total. The van der Waals surface area contributed by atoms with Crippen LogP contribution in [0.2, 0.25) is 0 Å². The number of aromatic nitrogens is 1. The monoisotopic (exact) mass is 421 g/mol. The fourth-order valence-corrected chi connectivity index (χ4v) is 6.91. The number of nitrogens with zero attached hydrogens (tertiary/aromatic N) is 3. The third-order valence-corrected chi connectivity index (χ3v) is 8.61. The summed E-state index contributed by atoms with van der Waals surface area (Å²) in [5.74, 6) is 0.820. The number of fused-ring (bicyclic) bond motifs is 1. The van der Waals surface area contributed by atoms with E-state index in [1.54, 1.807) is 11.3 Å². The van der Waals surface area contributed by atoms with Gasteiger partial charge >= 0.3 is 0 Å². The predicted molar refractivity (Wildman–Crippen MR) is 112 cm³/mol. The summed E-state index contributed by atoms with van der Waals surface area (Å²) in [6.07, 6.45) is 4.11. The Hall–Kier alpha value is -1.51. The van der Waals surface area contributed by atoms with Crippen LogP contribution in [0.4, 0.5) is 0 Å². The normalized spacial score (nSPS) is 22.7. The molecule has 4 rings (SSSR count). The van der Waals surface area contributed by atoms with Gasteiger partial charge in [-0.15, -0.1) is 11.3 Å². The van der Waals surface area contributed by atoms with Crippen molar-refractivity contribution in [3.05, 3.63) is 29.3 Å². The van der Waals surface area contributed by atoms with Gasteiger partial charge in [0.1, 0.15) is 0 Å². The third-order valence-electron chi connectivity index (χ3n) is 5.76. The van der Waals surface area contributed by atoms with Crippen LogP contribution in [0.25, 0.3) is 10.2 Å². The molecule has 0 bridgehead atoms. The van der Waals surface area contributed by atoms with Crippen LogP contribution in [0, 0.1) is 0 Å². The lowest BCUT2D eigenvalue weighted by atomic mass is 10.1. The van der Waals surface area contributed by atoms with Gasteiger partial charge in [0.05, 0.1) is 26.7 Å². The van der Waals surface area contributed by atoms with Gasteiger partial charge in [-0.25, -0.2) is 13.4 Å². The zero-order valence-electron chi connectivity index (χ0n) is 16.0. The number of para-hydroxylation sites is 1. The van der Waals surface area contributed by atoms with Gasteiger partial charge in [0, 0.05) is 38.6 Å². The molecular weight excluding hydrogens is 394 g/mol. The SMILES string of the molecule is O=C(CCCCc1nc2ccccc2s1)N1CCN([C@H]2CCS(=O)(=O)C2)CC1. The quantitative estimate of drug-likeness (QED) is 0.670. The second-order valence-corrected chi connectivity index (χ2v) is 11.1. The maximum absolute atomic E-state index is 12.5. The Labute approximate surface area is 170 Å². The van der Waals surface area contributed by atoms with Crippen molar-refractivity contribution >= 4 is 37.3 Å². The number of unbranched alkanes of at least 4 members (excludes halogenated alkanes) is 1. The van der Waals surface area contributed by atoms with Crippen LogP contribution in [-0.4, -0.2) is 72.8 Å². The first kappa shape index (κ1) is 19.8. The Morgan fingerprint density at radius 2 is 1.93 bits per heavy atom. The summed E-state index contributed by atoms with van der Waals surface area (Å²) >= 11 is 1.74. The summed E-state index contributed by atoms with van der Waals surface area (Å²) in [6, 6.07) is 8.33. The molecule has 8 heteroatoms. The second kappa shape index (κ2) is 8.47. The molecule has 1 atom stereocenters. The molecule has 0 radical (unpaired) electrons. The minimum atomic E-state index is -2.85. The van der Waals surface area contributed by atoms with Gasteiger partial charge in [0.15, 0.2) is 9.84 Å². The van der Waals surface area contributed by atoms with Crippen LogP contribution >= 0.6 is 11.3 Å². The number of hydrogen-bond donors (Lipinski definition) is 0. The topological polar surface area (TPSA) is 70.6 Å². The number of aryl methyl sites for hydroxylation is 1. The molecule has 2 aromatic rings. The number of benzene rings is 1. The van der Waals surface area contributed by atoms with Gasteiger partial charge in [0.25, 0.3) is 0 Å². The molecule has 0 aliphatic carbocycles. The van der Waals surface area contributed by atoms with Crippen molar-refractivity contribution in [3.8, 4) is 0 Å². The van der Waals surface area contributed by atoms with E-state index in [-0.39, 0.29) is 17.7 Å². The summed E-state index contributed by atoms with van der Waals surface area (Å²) in [7, 11) is -2.85. The van der Waals surface area contributed by atoms with Gasteiger partial charge in [-0.1, -0.05) is 12.1 Å². The standard InChI is InChI=1S/C20H27N3O3S2/c24-20(8-4-3-7-19-21-17-5-1-2-6-18(17)27-19)23-12-10-22(11-13-23)16-9-14-28(25,26)15-16/h1-2,5-6,16H,3-4,7-15H2/t16-/m0/s1. The van der Waals surface area contributed by atoms with Gasteiger partial charge in [-0.2, -0.15) is 0 Å². The Balaban J connectivity index is 1.17. The van der Waals surface area contributed by atoms with Crippen molar-refractivity contribution in [2.24, 2.45) is 0 Å². The van der Waals surface area contributed by atoms with Crippen LogP contribution in [0.1, 0.15) is 30.7 Å². The first-order valence-electron chi connectivity index (χ1n) is 10.1. The van der Waals surface area contributed by atoms with Crippen LogP contribution in [0.5, 0.6) is 0 Å². The van der Waals surface area contributed by atoms with Gasteiger partial charge in [0.2, 0.25) is 5.91 Å². The van der Waals surface area contributed by atoms with E-state index in [0.717, 1.165) is 49.3 Å². The van der Waals surface area contributed by atoms with E-state index in [9.17, 15) is 13.2 Å².